The first-order valence-corrected chi connectivity index (χ1v) is 6.09. The van der Waals surface area contributed by atoms with Crippen LogP contribution in [0.2, 0.25) is 10.2 Å². The molecule has 1 amide bonds. The van der Waals surface area contributed by atoms with Crippen LogP contribution in [0.15, 0.2) is 23.9 Å². The van der Waals surface area contributed by atoms with E-state index in [1.165, 1.54) is 17.8 Å². The Balaban J connectivity index is 2.25. The molecule has 1 aliphatic heterocycles. The number of pyridine rings is 1. The number of carbonyl (C=O) groups is 1. The molecule has 0 saturated carbocycles. The summed E-state index contributed by atoms with van der Waals surface area (Å²) in [5.41, 5.74) is 1.61. The quantitative estimate of drug-likeness (QED) is 0.580. The van der Waals surface area contributed by atoms with Gasteiger partial charge in [-0.05, 0) is 19.4 Å². The van der Waals surface area contributed by atoms with Crippen LogP contribution in [0.4, 0.5) is 0 Å². The maximum Gasteiger partial charge on any atom is 0.255 e. The molecule has 0 aliphatic carbocycles. The Labute approximate surface area is 110 Å². The summed E-state index contributed by atoms with van der Waals surface area (Å²) in [5, 5.41) is 0.619. The smallest absolute Gasteiger partial charge is 0.255 e. The molecule has 1 aromatic heterocycles. The molecule has 17 heavy (non-hydrogen) atoms. The average molecular weight is 271 g/mol. The fourth-order valence-electron chi connectivity index (χ4n) is 1.83. The van der Waals surface area contributed by atoms with Gasteiger partial charge in [0.15, 0.2) is 0 Å². The van der Waals surface area contributed by atoms with Crippen LogP contribution in [0.5, 0.6) is 0 Å². The van der Waals surface area contributed by atoms with E-state index in [9.17, 15) is 4.79 Å². The summed E-state index contributed by atoms with van der Waals surface area (Å²) in [4.78, 5) is 17.9. The van der Waals surface area contributed by atoms with Gasteiger partial charge in [0.1, 0.15) is 5.15 Å². The molecule has 0 atom stereocenters. The summed E-state index contributed by atoms with van der Waals surface area (Å²) < 4.78 is 0. The molecule has 0 radical (unpaired) electrons. The minimum atomic E-state index is -0.0910. The normalized spacial score (nSPS) is 15.7. The molecule has 0 aromatic carbocycles. The van der Waals surface area contributed by atoms with Gasteiger partial charge in [-0.1, -0.05) is 34.9 Å². The van der Waals surface area contributed by atoms with Gasteiger partial charge in [0.2, 0.25) is 0 Å². The Morgan fingerprint density at radius 2 is 2.24 bits per heavy atom. The lowest BCUT2D eigenvalue weighted by molar-refractivity contribution is 0.0766. The highest BCUT2D eigenvalue weighted by molar-refractivity contribution is 6.35. The van der Waals surface area contributed by atoms with Gasteiger partial charge in [0.05, 0.1) is 10.6 Å². The Bertz CT molecular complexity index is 485. The highest BCUT2D eigenvalue weighted by Gasteiger charge is 2.20. The van der Waals surface area contributed by atoms with E-state index in [1.54, 1.807) is 4.90 Å². The van der Waals surface area contributed by atoms with Gasteiger partial charge in [0, 0.05) is 19.3 Å². The first-order valence-electron chi connectivity index (χ1n) is 5.34. The third kappa shape index (κ3) is 2.79. The van der Waals surface area contributed by atoms with Crippen molar-refractivity contribution in [2.75, 3.05) is 13.1 Å². The van der Waals surface area contributed by atoms with E-state index >= 15 is 0 Å². The third-order valence-corrected chi connectivity index (χ3v) is 3.18. The molecule has 0 bridgehead atoms. The molecule has 2 rings (SSSR count). The lowest BCUT2D eigenvalue weighted by Crippen LogP contribution is -2.35. The van der Waals surface area contributed by atoms with Crippen LogP contribution in [0.1, 0.15) is 23.7 Å². The van der Waals surface area contributed by atoms with E-state index in [4.69, 9.17) is 23.2 Å². The van der Waals surface area contributed by atoms with Gasteiger partial charge in [-0.3, -0.25) is 4.79 Å². The van der Waals surface area contributed by atoms with Gasteiger partial charge >= 0.3 is 0 Å². The number of nitrogens with zero attached hydrogens (tertiary/aromatic N) is 2. The standard InChI is InChI=1S/C12H12Cl2N2O/c1-8-3-2-4-16(7-8)12(17)9-5-11(14)15-6-10(9)13/h3,5-6H,2,4,7H2,1H3. The number of halogens is 2. The van der Waals surface area contributed by atoms with E-state index in [0.717, 1.165) is 6.42 Å². The van der Waals surface area contributed by atoms with Crippen molar-refractivity contribution in [2.24, 2.45) is 0 Å². The molecular weight excluding hydrogens is 259 g/mol. The molecule has 0 spiro atoms. The second-order valence-electron chi connectivity index (χ2n) is 4.05. The summed E-state index contributed by atoms with van der Waals surface area (Å²) in [6, 6.07) is 1.51. The number of aromatic nitrogens is 1. The number of hydrogen-bond donors (Lipinski definition) is 0. The molecule has 1 aliphatic rings. The molecule has 5 heteroatoms. The Kier molecular flexibility index (Phi) is 3.69. The third-order valence-electron chi connectivity index (χ3n) is 2.67. The zero-order valence-electron chi connectivity index (χ0n) is 9.41. The molecule has 90 valence electrons. The van der Waals surface area contributed by atoms with Crippen LogP contribution in [0, 0.1) is 0 Å². The van der Waals surface area contributed by atoms with Crippen molar-refractivity contribution in [3.63, 3.8) is 0 Å². The minimum Gasteiger partial charge on any atom is -0.334 e. The Morgan fingerprint density at radius 3 is 2.94 bits per heavy atom. The Morgan fingerprint density at radius 1 is 1.47 bits per heavy atom. The summed E-state index contributed by atoms with van der Waals surface area (Å²) in [5.74, 6) is -0.0910. The molecule has 0 fully saturated rings. The maximum absolute atomic E-state index is 12.2. The van der Waals surface area contributed by atoms with E-state index in [-0.39, 0.29) is 11.1 Å². The summed E-state index contributed by atoms with van der Waals surface area (Å²) in [6.45, 7) is 3.38. The number of amides is 1. The van der Waals surface area contributed by atoms with Crippen LogP contribution in [0.25, 0.3) is 0 Å². The second kappa shape index (κ2) is 5.07. The van der Waals surface area contributed by atoms with Crippen molar-refractivity contribution < 1.29 is 4.79 Å². The van der Waals surface area contributed by atoms with E-state index < -0.39 is 0 Å². The predicted molar refractivity (Wildman–Crippen MR) is 68.5 cm³/mol. The monoisotopic (exact) mass is 270 g/mol. The van der Waals surface area contributed by atoms with Crippen LogP contribution >= 0.6 is 23.2 Å². The zero-order chi connectivity index (χ0) is 12.4. The van der Waals surface area contributed by atoms with Crippen molar-refractivity contribution in [3.8, 4) is 0 Å². The lowest BCUT2D eigenvalue weighted by atomic mass is 10.1. The molecule has 0 unspecified atom stereocenters. The molecule has 1 aromatic rings. The first-order chi connectivity index (χ1) is 8.08. The van der Waals surface area contributed by atoms with E-state index in [2.05, 4.69) is 11.1 Å². The topological polar surface area (TPSA) is 33.2 Å². The molecule has 3 nitrogen and oxygen atoms in total. The van der Waals surface area contributed by atoms with Gasteiger partial charge in [-0.25, -0.2) is 4.98 Å². The highest BCUT2D eigenvalue weighted by atomic mass is 35.5. The fourth-order valence-corrected chi connectivity index (χ4v) is 2.17. The van der Waals surface area contributed by atoms with Gasteiger partial charge in [0.25, 0.3) is 5.91 Å². The summed E-state index contributed by atoms with van der Waals surface area (Å²) >= 11 is 11.7. The van der Waals surface area contributed by atoms with Gasteiger partial charge in [-0.15, -0.1) is 0 Å². The average Bonchev–Trinajstić information content (AvgIpc) is 2.31. The van der Waals surface area contributed by atoms with Crippen LogP contribution in [-0.4, -0.2) is 28.9 Å². The maximum atomic E-state index is 12.2. The van der Waals surface area contributed by atoms with Crippen molar-refractivity contribution in [2.45, 2.75) is 13.3 Å². The summed E-state index contributed by atoms with van der Waals surface area (Å²) in [7, 11) is 0. The van der Waals surface area contributed by atoms with Crippen LogP contribution < -0.4 is 0 Å². The SMILES string of the molecule is CC1=CCCN(C(=O)c2cc(Cl)ncc2Cl)C1. The molecule has 0 saturated heterocycles. The molecule has 0 N–H and O–H groups in total. The largest absolute Gasteiger partial charge is 0.334 e. The fraction of sp³-hybridized carbons (Fsp3) is 0.333. The highest BCUT2D eigenvalue weighted by Crippen LogP contribution is 2.21. The van der Waals surface area contributed by atoms with Gasteiger partial charge in [-0.2, -0.15) is 0 Å². The number of hydrogen-bond acceptors (Lipinski definition) is 2. The zero-order valence-corrected chi connectivity index (χ0v) is 10.9. The van der Waals surface area contributed by atoms with Crippen molar-refractivity contribution in [3.05, 3.63) is 39.7 Å². The van der Waals surface area contributed by atoms with Crippen molar-refractivity contribution in [1.82, 2.24) is 9.88 Å². The minimum absolute atomic E-state index is 0.0910. The lowest BCUT2D eigenvalue weighted by Gasteiger charge is -2.26. The Hall–Kier alpha value is -1.06. The summed E-state index contributed by atoms with van der Waals surface area (Å²) in [6.07, 6.45) is 4.43. The van der Waals surface area contributed by atoms with E-state index in [1.807, 2.05) is 6.92 Å². The van der Waals surface area contributed by atoms with Gasteiger partial charge < -0.3 is 4.90 Å². The number of rotatable bonds is 1. The number of carbonyl (C=O) groups excluding carboxylic acids is 1. The molecular formula is C12H12Cl2N2O. The first kappa shape index (κ1) is 12.4. The van der Waals surface area contributed by atoms with E-state index in [0.29, 0.717) is 23.7 Å². The van der Waals surface area contributed by atoms with Crippen molar-refractivity contribution >= 4 is 29.1 Å². The van der Waals surface area contributed by atoms with Crippen molar-refractivity contribution in [1.29, 1.82) is 0 Å². The second-order valence-corrected chi connectivity index (χ2v) is 4.85. The van der Waals surface area contributed by atoms with Crippen LogP contribution in [0.3, 0.4) is 0 Å². The molecule has 2 heterocycles. The van der Waals surface area contributed by atoms with Crippen LogP contribution in [-0.2, 0) is 0 Å². The predicted octanol–water partition coefficient (Wildman–Crippen LogP) is 3.18.